The quantitative estimate of drug-likeness (QED) is 0.844. The monoisotopic (exact) mass is 271 g/mol. The van der Waals surface area contributed by atoms with E-state index in [0.717, 1.165) is 17.3 Å². The molecule has 0 saturated heterocycles. The van der Waals surface area contributed by atoms with Gasteiger partial charge in [-0.2, -0.15) is 0 Å². The molecule has 0 amide bonds. The van der Waals surface area contributed by atoms with Crippen LogP contribution in [0.4, 0.5) is 10.1 Å². The first-order valence-electron chi connectivity index (χ1n) is 5.47. The van der Waals surface area contributed by atoms with Crippen molar-refractivity contribution in [1.29, 1.82) is 0 Å². The summed E-state index contributed by atoms with van der Waals surface area (Å²) < 4.78 is 14.3. The number of nitrogens with one attached hydrogen (secondary N) is 1. The molecule has 1 aliphatic rings. The lowest BCUT2D eigenvalue weighted by atomic mass is 9.95. The fourth-order valence-corrected chi connectivity index (χ4v) is 2.41. The molecule has 1 N–H and O–H groups in total. The average Bonchev–Trinajstić information content (AvgIpc) is 2.24. The van der Waals surface area contributed by atoms with Crippen LogP contribution < -0.4 is 5.32 Å². The summed E-state index contributed by atoms with van der Waals surface area (Å²) in [7, 11) is 0. The van der Waals surface area contributed by atoms with Crippen molar-refractivity contribution in [2.75, 3.05) is 5.32 Å². The van der Waals surface area contributed by atoms with Gasteiger partial charge in [0.2, 0.25) is 0 Å². The van der Waals surface area contributed by atoms with Crippen molar-refractivity contribution in [2.45, 2.75) is 38.1 Å². The Bertz CT molecular complexity index is 334. The molecule has 0 atom stereocenters. The molecule has 0 aromatic heterocycles. The van der Waals surface area contributed by atoms with Gasteiger partial charge >= 0.3 is 0 Å². The second kappa shape index (κ2) is 4.97. The number of anilines is 1. The third-order valence-corrected chi connectivity index (χ3v) is 3.39. The first-order chi connectivity index (χ1) is 7.25. The minimum atomic E-state index is -0.171. The summed E-state index contributed by atoms with van der Waals surface area (Å²) in [5.41, 5.74) is 0.630. The van der Waals surface area contributed by atoms with E-state index in [1.54, 1.807) is 6.07 Å². The van der Waals surface area contributed by atoms with Crippen molar-refractivity contribution in [3.63, 3.8) is 0 Å². The van der Waals surface area contributed by atoms with Crippen LogP contribution in [0.15, 0.2) is 22.7 Å². The van der Waals surface area contributed by atoms with Crippen molar-refractivity contribution in [3.05, 3.63) is 28.5 Å². The van der Waals surface area contributed by atoms with Crippen molar-refractivity contribution < 1.29 is 4.39 Å². The van der Waals surface area contributed by atoms with Gasteiger partial charge in [0.25, 0.3) is 0 Å². The van der Waals surface area contributed by atoms with Crippen molar-refractivity contribution in [2.24, 2.45) is 0 Å². The highest BCUT2D eigenvalue weighted by Crippen LogP contribution is 2.24. The number of benzene rings is 1. The molecule has 0 bridgehead atoms. The number of hydrogen-bond donors (Lipinski definition) is 1. The van der Waals surface area contributed by atoms with E-state index >= 15 is 0 Å². The first kappa shape index (κ1) is 10.9. The van der Waals surface area contributed by atoms with Crippen LogP contribution >= 0.6 is 15.9 Å². The Balaban J connectivity index is 2.03. The zero-order valence-electron chi connectivity index (χ0n) is 8.60. The zero-order chi connectivity index (χ0) is 10.7. The van der Waals surface area contributed by atoms with E-state index in [9.17, 15) is 4.39 Å². The van der Waals surface area contributed by atoms with Crippen LogP contribution in [0.25, 0.3) is 0 Å². The Labute approximate surface area is 98.2 Å². The predicted molar refractivity (Wildman–Crippen MR) is 64.6 cm³/mol. The fourth-order valence-electron chi connectivity index (χ4n) is 2.07. The fraction of sp³-hybridized carbons (Fsp3) is 0.500. The van der Waals surface area contributed by atoms with Crippen molar-refractivity contribution in [3.8, 4) is 0 Å². The van der Waals surface area contributed by atoms with Crippen LogP contribution in [0, 0.1) is 5.82 Å². The third kappa shape index (κ3) is 2.94. The minimum Gasteiger partial charge on any atom is -0.380 e. The molecule has 0 spiro atoms. The highest BCUT2D eigenvalue weighted by atomic mass is 79.9. The van der Waals surface area contributed by atoms with Crippen LogP contribution in [0.3, 0.4) is 0 Å². The van der Waals surface area contributed by atoms with Gasteiger partial charge in [-0.1, -0.05) is 35.2 Å². The summed E-state index contributed by atoms with van der Waals surface area (Å²) >= 11 is 3.25. The van der Waals surface area contributed by atoms with Gasteiger partial charge in [-0.05, 0) is 31.0 Å². The predicted octanol–water partition coefficient (Wildman–Crippen LogP) is 4.33. The molecule has 3 heteroatoms. The molecule has 1 saturated carbocycles. The van der Waals surface area contributed by atoms with Gasteiger partial charge in [-0.3, -0.25) is 0 Å². The summed E-state index contributed by atoms with van der Waals surface area (Å²) in [5.74, 6) is -0.171. The van der Waals surface area contributed by atoms with Gasteiger partial charge in [0.1, 0.15) is 5.82 Å². The maximum Gasteiger partial charge on any atom is 0.147 e. The Morgan fingerprint density at radius 3 is 2.60 bits per heavy atom. The highest BCUT2D eigenvalue weighted by molar-refractivity contribution is 9.10. The molecule has 1 aliphatic carbocycles. The molecular weight excluding hydrogens is 257 g/mol. The molecule has 15 heavy (non-hydrogen) atoms. The molecule has 0 heterocycles. The van der Waals surface area contributed by atoms with E-state index in [1.807, 2.05) is 6.07 Å². The SMILES string of the molecule is Fc1cc(Br)ccc1NC1CCCCC1. The Hall–Kier alpha value is -0.570. The summed E-state index contributed by atoms with van der Waals surface area (Å²) in [4.78, 5) is 0. The van der Waals surface area contributed by atoms with E-state index in [4.69, 9.17) is 0 Å². The average molecular weight is 272 g/mol. The van der Waals surface area contributed by atoms with Crippen LogP contribution in [-0.2, 0) is 0 Å². The molecular formula is C12H15BrFN. The largest absolute Gasteiger partial charge is 0.380 e. The van der Waals surface area contributed by atoms with Crippen molar-refractivity contribution >= 4 is 21.6 Å². The maximum absolute atomic E-state index is 13.5. The molecule has 82 valence electrons. The van der Waals surface area contributed by atoms with Gasteiger partial charge in [-0.15, -0.1) is 0 Å². The van der Waals surface area contributed by atoms with Crippen LogP contribution in [-0.4, -0.2) is 6.04 Å². The highest BCUT2D eigenvalue weighted by Gasteiger charge is 2.14. The molecule has 0 radical (unpaired) electrons. The van der Waals surface area contributed by atoms with E-state index in [1.165, 1.54) is 25.3 Å². The lowest BCUT2D eigenvalue weighted by Gasteiger charge is -2.24. The molecule has 0 unspecified atom stereocenters. The molecule has 1 fully saturated rings. The second-order valence-electron chi connectivity index (χ2n) is 4.10. The molecule has 1 aromatic rings. The third-order valence-electron chi connectivity index (χ3n) is 2.90. The molecule has 0 aliphatic heterocycles. The van der Waals surface area contributed by atoms with E-state index in [2.05, 4.69) is 21.2 Å². The normalized spacial score (nSPS) is 17.7. The molecule has 1 aromatic carbocycles. The van der Waals surface area contributed by atoms with E-state index in [-0.39, 0.29) is 5.82 Å². The number of hydrogen-bond acceptors (Lipinski definition) is 1. The van der Waals surface area contributed by atoms with Gasteiger partial charge in [-0.25, -0.2) is 4.39 Å². The van der Waals surface area contributed by atoms with Crippen LogP contribution in [0.2, 0.25) is 0 Å². The summed E-state index contributed by atoms with van der Waals surface area (Å²) in [6, 6.07) is 5.63. The van der Waals surface area contributed by atoms with E-state index < -0.39 is 0 Å². The lowest BCUT2D eigenvalue weighted by Crippen LogP contribution is -2.22. The minimum absolute atomic E-state index is 0.171. The standard InChI is InChI=1S/C12H15BrFN/c13-9-6-7-12(11(14)8-9)15-10-4-2-1-3-5-10/h6-8,10,15H,1-5H2. The topological polar surface area (TPSA) is 12.0 Å². The van der Waals surface area contributed by atoms with Gasteiger partial charge < -0.3 is 5.32 Å². The Morgan fingerprint density at radius 2 is 1.93 bits per heavy atom. The molecule has 1 nitrogen and oxygen atoms in total. The summed E-state index contributed by atoms with van der Waals surface area (Å²) in [6.45, 7) is 0. The van der Waals surface area contributed by atoms with Gasteiger partial charge in [0, 0.05) is 10.5 Å². The van der Waals surface area contributed by atoms with Gasteiger partial charge in [0.05, 0.1) is 5.69 Å². The van der Waals surface area contributed by atoms with E-state index in [0.29, 0.717) is 11.7 Å². The van der Waals surface area contributed by atoms with Crippen LogP contribution in [0.1, 0.15) is 32.1 Å². The zero-order valence-corrected chi connectivity index (χ0v) is 10.2. The summed E-state index contributed by atoms with van der Waals surface area (Å²) in [5, 5.41) is 3.28. The van der Waals surface area contributed by atoms with Crippen LogP contribution in [0.5, 0.6) is 0 Å². The Kier molecular flexibility index (Phi) is 3.62. The first-order valence-corrected chi connectivity index (χ1v) is 6.26. The lowest BCUT2D eigenvalue weighted by molar-refractivity contribution is 0.460. The maximum atomic E-state index is 13.5. The number of halogens is 2. The summed E-state index contributed by atoms with van der Waals surface area (Å²) in [6.07, 6.45) is 6.16. The van der Waals surface area contributed by atoms with Crippen molar-refractivity contribution in [1.82, 2.24) is 0 Å². The Morgan fingerprint density at radius 1 is 1.20 bits per heavy atom. The number of rotatable bonds is 2. The van der Waals surface area contributed by atoms with Gasteiger partial charge in [0.15, 0.2) is 0 Å². The second-order valence-corrected chi connectivity index (χ2v) is 5.02. The molecule has 2 rings (SSSR count). The smallest absolute Gasteiger partial charge is 0.147 e.